The molecule has 0 atom stereocenters. The average molecular weight is 230 g/mol. The maximum absolute atomic E-state index is 9.48. The van der Waals surface area contributed by atoms with Crippen LogP contribution in [0.2, 0.25) is 0 Å². The predicted molar refractivity (Wildman–Crippen MR) is 73.0 cm³/mol. The molecular weight excluding hydrogens is 208 g/mol. The van der Waals surface area contributed by atoms with Gasteiger partial charge in [-0.05, 0) is 31.4 Å². The van der Waals surface area contributed by atoms with Crippen LogP contribution < -0.4 is 5.32 Å². The number of nitrogens with zero attached hydrogens (tertiary/aromatic N) is 1. The van der Waals surface area contributed by atoms with Gasteiger partial charge in [0.1, 0.15) is 5.54 Å². The molecule has 0 aliphatic rings. The highest BCUT2D eigenvalue weighted by Crippen LogP contribution is 2.26. The van der Waals surface area contributed by atoms with Crippen LogP contribution in [0, 0.1) is 18.3 Å². The van der Waals surface area contributed by atoms with Crippen molar-refractivity contribution in [2.75, 3.05) is 5.32 Å². The predicted octanol–water partition coefficient (Wildman–Crippen LogP) is 4.27. The van der Waals surface area contributed by atoms with Crippen LogP contribution in [0.1, 0.15) is 45.1 Å². The molecule has 1 aromatic rings. The molecule has 0 bridgehead atoms. The monoisotopic (exact) mass is 230 g/mol. The highest BCUT2D eigenvalue weighted by molar-refractivity contribution is 5.53. The lowest BCUT2D eigenvalue weighted by molar-refractivity contribution is 0.486. The molecule has 0 amide bonds. The van der Waals surface area contributed by atoms with Gasteiger partial charge < -0.3 is 5.32 Å². The second-order valence-electron chi connectivity index (χ2n) is 4.63. The normalized spacial score (nSPS) is 10.9. The molecule has 0 aliphatic heterocycles. The second-order valence-corrected chi connectivity index (χ2v) is 4.63. The number of benzene rings is 1. The standard InChI is InChI=1S/C15H22N2/c1-4-10-15(12-16,11-5-2)17-14-9-7-6-8-13(14)3/h6-9,17H,4-5,10-11H2,1-3H3. The number of hydrogen-bond donors (Lipinski definition) is 1. The van der Waals surface area contributed by atoms with Crippen molar-refractivity contribution in [2.45, 2.75) is 52.0 Å². The Hall–Kier alpha value is -1.49. The third-order valence-electron chi connectivity index (χ3n) is 3.09. The minimum atomic E-state index is -0.407. The molecule has 0 radical (unpaired) electrons. The van der Waals surface area contributed by atoms with Gasteiger partial charge in [-0.15, -0.1) is 0 Å². The average Bonchev–Trinajstić information content (AvgIpc) is 2.33. The number of nitriles is 1. The molecule has 2 heteroatoms. The lowest BCUT2D eigenvalue weighted by atomic mass is 9.89. The summed E-state index contributed by atoms with van der Waals surface area (Å²) in [5.41, 5.74) is 1.87. The molecular formula is C15H22N2. The molecule has 0 saturated heterocycles. The molecule has 17 heavy (non-hydrogen) atoms. The van der Waals surface area contributed by atoms with Crippen molar-refractivity contribution in [1.82, 2.24) is 0 Å². The lowest BCUT2D eigenvalue weighted by Gasteiger charge is -2.29. The van der Waals surface area contributed by atoms with Crippen molar-refractivity contribution in [2.24, 2.45) is 0 Å². The first-order valence-corrected chi connectivity index (χ1v) is 6.42. The van der Waals surface area contributed by atoms with Gasteiger partial charge in [-0.2, -0.15) is 5.26 Å². The smallest absolute Gasteiger partial charge is 0.125 e. The van der Waals surface area contributed by atoms with E-state index in [1.165, 1.54) is 5.56 Å². The van der Waals surface area contributed by atoms with Gasteiger partial charge in [0.25, 0.3) is 0 Å². The van der Waals surface area contributed by atoms with E-state index in [4.69, 9.17) is 0 Å². The van der Waals surface area contributed by atoms with Crippen LogP contribution in [0.5, 0.6) is 0 Å². The van der Waals surface area contributed by atoms with Gasteiger partial charge >= 0.3 is 0 Å². The maximum atomic E-state index is 9.48. The zero-order chi connectivity index (χ0) is 12.7. The van der Waals surface area contributed by atoms with E-state index in [0.29, 0.717) is 0 Å². The summed E-state index contributed by atoms with van der Waals surface area (Å²) in [7, 11) is 0. The summed E-state index contributed by atoms with van der Waals surface area (Å²) in [6.07, 6.45) is 3.83. The summed E-state index contributed by atoms with van der Waals surface area (Å²) in [5.74, 6) is 0. The van der Waals surface area contributed by atoms with Gasteiger partial charge in [0, 0.05) is 5.69 Å². The summed E-state index contributed by atoms with van der Waals surface area (Å²) in [5, 5.41) is 12.9. The van der Waals surface area contributed by atoms with Gasteiger partial charge in [0.15, 0.2) is 0 Å². The number of rotatable bonds is 6. The molecule has 0 aliphatic carbocycles. The zero-order valence-corrected chi connectivity index (χ0v) is 11.1. The van der Waals surface area contributed by atoms with Crippen LogP contribution in [0.25, 0.3) is 0 Å². The van der Waals surface area contributed by atoms with Crippen LogP contribution in [0.3, 0.4) is 0 Å². The SMILES string of the molecule is CCCC(C#N)(CCC)Nc1ccccc1C. The van der Waals surface area contributed by atoms with E-state index < -0.39 is 5.54 Å². The van der Waals surface area contributed by atoms with E-state index in [0.717, 1.165) is 31.4 Å². The Morgan fingerprint density at radius 1 is 1.18 bits per heavy atom. The van der Waals surface area contributed by atoms with Crippen molar-refractivity contribution < 1.29 is 0 Å². The fraction of sp³-hybridized carbons (Fsp3) is 0.533. The Balaban J connectivity index is 2.94. The quantitative estimate of drug-likeness (QED) is 0.792. The first-order valence-electron chi connectivity index (χ1n) is 6.42. The number of para-hydroxylation sites is 1. The maximum Gasteiger partial charge on any atom is 0.125 e. The van der Waals surface area contributed by atoms with Gasteiger partial charge in [-0.3, -0.25) is 0 Å². The van der Waals surface area contributed by atoms with Crippen LogP contribution in [0.15, 0.2) is 24.3 Å². The summed E-state index contributed by atoms with van der Waals surface area (Å²) >= 11 is 0. The molecule has 1 rings (SSSR count). The Morgan fingerprint density at radius 3 is 2.24 bits per heavy atom. The molecule has 0 saturated carbocycles. The van der Waals surface area contributed by atoms with Crippen LogP contribution in [-0.2, 0) is 0 Å². The molecule has 0 fully saturated rings. The first kappa shape index (κ1) is 13.6. The number of hydrogen-bond acceptors (Lipinski definition) is 2. The Bertz CT molecular complexity index is 384. The summed E-state index contributed by atoms with van der Waals surface area (Å²) in [4.78, 5) is 0. The van der Waals surface area contributed by atoms with E-state index in [2.05, 4.69) is 38.2 Å². The Morgan fingerprint density at radius 2 is 1.76 bits per heavy atom. The van der Waals surface area contributed by atoms with Crippen molar-refractivity contribution in [1.29, 1.82) is 5.26 Å². The molecule has 1 N–H and O–H groups in total. The molecule has 2 nitrogen and oxygen atoms in total. The second kappa shape index (κ2) is 6.30. The fourth-order valence-corrected chi connectivity index (χ4v) is 2.21. The van der Waals surface area contributed by atoms with Crippen molar-refractivity contribution in [3.05, 3.63) is 29.8 Å². The van der Waals surface area contributed by atoms with E-state index in [1.54, 1.807) is 0 Å². The van der Waals surface area contributed by atoms with E-state index in [1.807, 2.05) is 18.2 Å². The van der Waals surface area contributed by atoms with Crippen LogP contribution in [0.4, 0.5) is 5.69 Å². The van der Waals surface area contributed by atoms with Crippen LogP contribution >= 0.6 is 0 Å². The summed E-state index contributed by atoms with van der Waals surface area (Å²) < 4.78 is 0. The third kappa shape index (κ3) is 3.49. The van der Waals surface area contributed by atoms with Crippen molar-refractivity contribution >= 4 is 5.69 Å². The number of aryl methyl sites for hydroxylation is 1. The summed E-state index contributed by atoms with van der Waals surface area (Å²) in [6, 6.07) is 10.6. The van der Waals surface area contributed by atoms with Crippen molar-refractivity contribution in [3.8, 4) is 6.07 Å². The molecule has 1 aromatic carbocycles. The highest BCUT2D eigenvalue weighted by Gasteiger charge is 2.28. The summed E-state index contributed by atoms with van der Waals surface area (Å²) in [6.45, 7) is 6.32. The van der Waals surface area contributed by atoms with Gasteiger partial charge in [0.2, 0.25) is 0 Å². The molecule has 0 heterocycles. The molecule has 0 spiro atoms. The molecule has 0 aromatic heterocycles. The topological polar surface area (TPSA) is 35.8 Å². The zero-order valence-electron chi connectivity index (χ0n) is 11.1. The molecule has 0 unspecified atom stereocenters. The largest absolute Gasteiger partial charge is 0.367 e. The number of anilines is 1. The molecule has 92 valence electrons. The fourth-order valence-electron chi connectivity index (χ4n) is 2.21. The van der Waals surface area contributed by atoms with E-state index in [9.17, 15) is 5.26 Å². The minimum absolute atomic E-state index is 0.407. The minimum Gasteiger partial charge on any atom is -0.367 e. The van der Waals surface area contributed by atoms with Gasteiger partial charge in [0.05, 0.1) is 6.07 Å². The van der Waals surface area contributed by atoms with Crippen molar-refractivity contribution in [3.63, 3.8) is 0 Å². The Kier molecular flexibility index (Phi) is 5.03. The first-order chi connectivity index (χ1) is 8.17. The van der Waals surface area contributed by atoms with Crippen LogP contribution in [-0.4, -0.2) is 5.54 Å². The van der Waals surface area contributed by atoms with Gasteiger partial charge in [-0.1, -0.05) is 44.9 Å². The lowest BCUT2D eigenvalue weighted by Crippen LogP contribution is -2.36. The van der Waals surface area contributed by atoms with Gasteiger partial charge in [-0.25, -0.2) is 0 Å². The van der Waals surface area contributed by atoms with E-state index >= 15 is 0 Å². The third-order valence-corrected chi connectivity index (χ3v) is 3.09. The highest BCUT2D eigenvalue weighted by atomic mass is 15.0. The van der Waals surface area contributed by atoms with E-state index in [-0.39, 0.29) is 0 Å². The Labute approximate surface area is 105 Å². The number of nitrogens with one attached hydrogen (secondary N) is 1.